The van der Waals surface area contributed by atoms with Gasteiger partial charge in [-0.05, 0) is 135 Å². The summed E-state index contributed by atoms with van der Waals surface area (Å²) >= 11 is 0. The number of carboxylic acid groups (broad SMARTS) is 2. The number of aromatic carboxylic acids is 1. The van der Waals surface area contributed by atoms with Crippen LogP contribution in [-0.2, 0) is 4.79 Å². The molecule has 1 spiro atoms. The van der Waals surface area contributed by atoms with Gasteiger partial charge in [-0.15, -0.1) is 0 Å². The average Bonchev–Trinajstić information content (AvgIpc) is 3.36. The molecule has 41 heavy (non-hydrogen) atoms. The first kappa shape index (κ1) is 27.9. The highest BCUT2D eigenvalue weighted by molar-refractivity contribution is 5.87. The Morgan fingerprint density at radius 1 is 0.805 bits per heavy atom. The van der Waals surface area contributed by atoms with Gasteiger partial charge in [-0.2, -0.15) is 0 Å². The number of fused-ring (bicyclic) bond motifs is 6. The maximum Gasteiger partial charge on any atom is 0.335 e. The summed E-state index contributed by atoms with van der Waals surface area (Å²) in [4.78, 5) is 24.4. The van der Waals surface area contributed by atoms with E-state index >= 15 is 0 Å². The Balaban J connectivity index is 1.23. The molecule has 0 amide bonds. The number of carbonyl (C=O) groups is 2. The summed E-state index contributed by atoms with van der Waals surface area (Å²) in [5, 5.41) is 24.2. The summed E-state index contributed by atoms with van der Waals surface area (Å²) in [6, 6.07) is 7.66. The maximum atomic E-state index is 13.0. The standard InChI is InChI=1S/C36H51NO4/c1-21(2)24-13-16-35(30(40)41)19-17-31(3)26(28(24)35)11-12-27-32(31,4)18-20-36-33(27,5)15-14-25(34(36,6)37-36)22-7-9-23(10-8-22)29(38)39/h7-10,21,24-28,37H,11-20H2,1-6H3,(H,38,39)(H,40,41)/t24-,25-,26+,27-,28+,31+,32+,33+,34?,35-,36-/m0/s1. The predicted octanol–water partition coefficient (Wildman–Crippen LogP) is 7.75. The van der Waals surface area contributed by atoms with Gasteiger partial charge in [-0.3, -0.25) is 4.79 Å². The van der Waals surface area contributed by atoms with E-state index in [0.717, 1.165) is 32.1 Å². The van der Waals surface area contributed by atoms with Crippen molar-refractivity contribution in [2.45, 2.75) is 123 Å². The van der Waals surface area contributed by atoms with Crippen LogP contribution >= 0.6 is 0 Å². The first-order valence-electron chi connectivity index (χ1n) is 16.6. The molecular formula is C36H51NO4. The Morgan fingerprint density at radius 2 is 1.49 bits per heavy atom. The van der Waals surface area contributed by atoms with Crippen LogP contribution in [0, 0.1) is 51.2 Å². The van der Waals surface area contributed by atoms with Crippen molar-refractivity contribution < 1.29 is 19.8 Å². The zero-order valence-corrected chi connectivity index (χ0v) is 26.1. The fourth-order valence-electron chi connectivity index (χ4n) is 13.4. The first-order valence-corrected chi connectivity index (χ1v) is 16.6. The van der Waals surface area contributed by atoms with E-state index in [-0.39, 0.29) is 27.3 Å². The molecule has 0 radical (unpaired) electrons. The summed E-state index contributed by atoms with van der Waals surface area (Å²) in [5.74, 6) is 1.53. The van der Waals surface area contributed by atoms with E-state index in [0.29, 0.717) is 41.1 Å². The lowest BCUT2D eigenvalue weighted by atomic mass is 9.32. The van der Waals surface area contributed by atoms with Gasteiger partial charge in [0.2, 0.25) is 0 Å². The van der Waals surface area contributed by atoms with Gasteiger partial charge in [-0.1, -0.05) is 46.8 Å². The van der Waals surface area contributed by atoms with E-state index in [2.05, 4.69) is 59.0 Å². The van der Waals surface area contributed by atoms with E-state index in [4.69, 9.17) is 0 Å². The van der Waals surface area contributed by atoms with Crippen LogP contribution in [0.15, 0.2) is 24.3 Å². The first-order chi connectivity index (χ1) is 19.2. The highest BCUT2D eigenvalue weighted by Crippen LogP contribution is 2.80. The number of carboxylic acids is 2. The summed E-state index contributed by atoms with van der Waals surface area (Å²) in [6.07, 6.45) is 11.0. The third kappa shape index (κ3) is 3.13. The second-order valence-corrected chi connectivity index (χ2v) is 16.7. The Morgan fingerprint density at radius 3 is 2.12 bits per heavy atom. The number of aliphatic carboxylic acids is 1. The monoisotopic (exact) mass is 561 g/mol. The van der Waals surface area contributed by atoms with Crippen molar-refractivity contribution in [2.24, 2.45) is 51.2 Å². The van der Waals surface area contributed by atoms with E-state index in [1.54, 1.807) is 12.1 Å². The van der Waals surface area contributed by atoms with E-state index in [1.165, 1.54) is 37.7 Å². The maximum absolute atomic E-state index is 13.0. The largest absolute Gasteiger partial charge is 0.481 e. The summed E-state index contributed by atoms with van der Waals surface area (Å²) < 4.78 is 0. The quantitative estimate of drug-likeness (QED) is 0.327. The SMILES string of the molecule is CC(C)[C@@H]1CC[C@]2(C(=O)O)CC[C@]3(C)[C@H](CC[C@H]4[C@@]3(C)CC[C@@]35NC3(C)[C@H](c3ccc(C(=O)O)cc3)CC[C@]45C)[C@@H]12. The lowest BCUT2D eigenvalue weighted by Gasteiger charge is -2.71. The smallest absolute Gasteiger partial charge is 0.335 e. The fourth-order valence-corrected chi connectivity index (χ4v) is 13.4. The molecule has 0 aromatic heterocycles. The summed E-state index contributed by atoms with van der Waals surface area (Å²) in [6.45, 7) is 15.0. The molecule has 224 valence electrons. The van der Waals surface area contributed by atoms with E-state index in [1.807, 2.05) is 0 Å². The topological polar surface area (TPSA) is 96.5 Å². The highest BCUT2D eigenvalue weighted by Gasteiger charge is 2.82. The van der Waals surface area contributed by atoms with Gasteiger partial charge in [0.15, 0.2) is 0 Å². The Kier molecular flexibility index (Phi) is 5.71. The normalized spacial score (nSPS) is 51.5. The molecule has 6 aliphatic rings. The lowest BCUT2D eigenvalue weighted by molar-refractivity contribution is -0.224. The molecule has 5 saturated carbocycles. The van der Waals surface area contributed by atoms with Crippen molar-refractivity contribution >= 4 is 11.9 Å². The minimum Gasteiger partial charge on any atom is -0.481 e. The molecule has 5 nitrogen and oxygen atoms in total. The average molecular weight is 562 g/mol. The van der Waals surface area contributed by atoms with Crippen molar-refractivity contribution in [3.63, 3.8) is 0 Å². The molecule has 1 heterocycles. The molecule has 1 aromatic carbocycles. The van der Waals surface area contributed by atoms with Gasteiger partial charge < -0.3 is 15.5 Å². The van der Waals surface area contributed by atoms with E-state index < -0.39 is 17.4 Å². The van der Waals surface area contributed by atoms with Crippen molar-refractivity contribution in [1.82, 2.24) is 5.32 Å². The third-order valence-corrected chi connectivity index (χ3v) is 15.8. The molecule has 5 aliphatic carbocycles. The van der Waals surface area contributed by atoms with Crippen LogP contribution < -0.4 is 5.32 Å². The van der Waals surface area contributed by atoms with Crippen LogP contribution in [0.4, 0.5) is 0 Å². The molecule has 6 fully saturated rings. The van der Waals surface area contributed by atoms with Crippen molar-refractivity contribution in [1.29, 1.82) is 0 Å². The zero-order valence-electron chi connectivity index (χ0n) is 26.1. The van der Waals surface area contributed by atoms with Crippen molar-refractivity contribution in [2.75, 3.05) is 0 Å². The van der Waals surface area contributed by atoms with Gasteiger partial charge in [0, 0.05) is 17.0 Å². The fraction of sp³-hybridized carbons (Fsp3) is 0.778. The number of hydrogen-bond acceptors (Lipinski definition) is 3. The number of benzene rings is 1. The van der Waals surface area contributed by atoms with Gasteiger partial charge in [-0.25, -0.2) is 4.79 Å². The molecule has 1 aromatic rings. The summed E-state index contributed by atoms with van der Waals surface area (Å²) in [5.41, 5.74) is 1.87. The van der Waals surface area contributed by atoms with Gasteiger partial charge >= 0.3 is 11.9 Å². The second-order valence-electron chi connectivity index (χ2n) is 16.7. The molecule has 1 aliphatic heterocycles. The van der Waals surface area contributed by atoms with E-state index in [9.17, 15) is 19.8 Å². The minimum atomic E-state index is -0.865. The molecule has 1 unspecified atom stereocenters. The predicted molar refractivity (Wildman–Crippen MR) is 160 cm³/mol. The Hall–Kier alpha value is -1.88. The number of rotatable bonds is 4. The minimum absolute atomic E-state index is 0.0308. The highest BCUT2D eigenvalue weighted by atomic mass is 16.4. The van der Waals surface area contributed by atoms with Crippen LogP contribution in [0.2, 0.25) is 0 Å². The Labute approximate surface area is 246 Å². The molecule has 11 atom stereocenters. The van der Waals surface area contributed by atoms with Crippen LogP contribution in [0.25, 0.3) is 0 Å². The Bertz CT molecular complexity index is 1290. The molecule has 1 saturated heterocycles. The van der Waals surface area contributed by atoms with Crippen molar-refractivity contribution in [3.05, 3.63) is 35.4 Å². The van der Waals surface area contributed by atoms with Crippen molar-refractivity contribution in [3.8, 4) is 0 Å². The molecule has 3 N–H and O–H groups in total. The summed E-state index contributed by atoms with van der Waals surface area (Å²) in [7, 11) is 0. The second kappa shape index (κ2) is 8.39. The van der Waals surface area contributed by atoms with Crippen LogP contribution in [0.1, 0.15) is 128 Å². The van der Waals surface area contributed by atoms with Gasteiger partial charge in [0.25, 0.3) is 0 Å². The lowest BCUT2D eigenvalue weighted by Crippen LogP contribution is -2.68. The number of nitrogens with one attached hydrogen (secondary N) is 1. The van der Waals surface area contributed by atoms with Crippen LogP contribution in [0.5, 0.6) is 0 Å². The van der Waals surface area contributed by atoms with Gasteiger partial charge in [0.05, 0.1) is 11.0 Å². The molecule has 0 bridgehead atoms. The molecule has 7 rings (SSSR count). The molecule has 5 heteroatoms. The third-order valence-electron chi connectivity index (χ3n) is 15.8. The van der Waals surface area contributed by atoms with Crippen LogP contribution in [0.3, 0.4) is 0 Å². The zero-order chi connectivity index (χ0) is 29.4. The molecular weight excluding hydrogens is 510 g/mol. The van der Waals surface area contributed by atoms with Crippen LogP contribution in [-0.4, -0.2) is 33.2 Å². The van der Waals surface area contributed by atoms with Gasteiger partial charge in [0.1, 0.15) is 0 Å². The number of hydrogen-bond donors (Lipinski definition) is 3.